The molecule has 3 aromatic carbocycles. The largest absolute Gasteiger partial charge is 0.465 e. The smallest absolute Gasteiger partial charge is 0.337 e. The normalized spacial score (nSPS) is 11.5. The summed E-state index contributed by atoms with van der Waals surface area (Å²) < 4.78 is 6.23. The minimum atomic E-state index is -0.635. The lowest BCUT2D eigenvalue weighted by atomic mass is 10.1. The average molecular weight is 485 g/mol. The first kappa shape index (κ1) is 23.7. The van der Waals surface area contributed by atoms with Crippen molar-refractivity contribution in [2.45, 2.75) is 17.3 Å². The Hall–Kier alpha value is -4.42. The van der Waals surface area contributed by atoms with Crippen molar-refractivity contribution >= 4 is 40.2 Å². The first-order valence-corrected chi connectivity index (χ1v) is 11.5. The lowest BCUT2D eigenvalue weighted by molar-refractivity contribution is -0.115. The van der Waals surface area contributed by atoms with E-state index in [1.165, 1.54) is 23.8 Å². The Kier molecular flexibility index (Phi) is 6.94. The fraction of sp³-hybridized carbons (Fsp3) is 0.115. The second kappa shape index (κ2) is 10.2. The topological polar surface area (TPSA) is 114 Å². The molecular formula is C26H20N4O4S. The van der Waals surface area contributed by atoms with Gasteiger partial charge in [0, 0.05) is 5.69 Å². The number of fused-ring (bicyclic) bond motifs is 1. The van der Waals surface area contributed by atoms with Crippen LogP contribution in [0.15, 0.2) is 82.7 Å². The summed E-state index contributed by atoms with van der Waals surface area (Å²) in [6, 6.07) is 22.2. The second-order valence-corrected chi connectivity index (χ2v) is 8.84. The van der Waals surface area contributed by atoms with E-state index in [9.17, 15) is 14.4 Å². The van der Waals surface area contributed by atoms with Crippen LogP contribution in [0.3, 0.4) is 0 Å². The number of esters is 1. The number of nitrogens with one attached hydrogen (secondary N) is 1. The van der Waals surface area contributed by atoms with Crippen LogP contribution in [0.25, 0.3) is 16.6 Å². The van der Waals surface area contributed by atoms with Gasteiger partial charge in [-0.25, -0.2) is 9.78 Å². The van der Waals surface area contributed by atoms with Gasteiger partial charge in [0.2, 0.25) is 5.91 Å². The number of carbonyl (C=O) groups excluding carboxylic acids is 2. The van der Waals surface area contributed by atoms with Gasteiger partial charge < -0.3 is 10.1 Å². The number of anilines is 1. The quantitative estimate of drug-likeness (QED) is 0.248. The highest BCUT2D eigenvalue weighted by Crippen LogP contribution is 2.26. The van der Waals surface area contributed by atoms with Crippen molar-refractivity contribution in [1.82, 2.24) is 9.55 Å². The molecular weight excluding hydrogens is 464 g/mol. The molecule has 1 unspecified atom stereocenters. The number of carbonyl (C=O) groups is 2. The molecule has 1 atom stereocenters. The van der Waals surface area contributed by atoms with Crippen LogP contribution < -0.4 is 10.9 Å². The molecule has 0 fully saturated rings. The summed E-state index contributed by atoms with van der Waals surface area (Å²) in [5.74, 6) is -0.857. The number of nitriles is 1. The Morgan fingerprint density at radius 1 is 1.09 bits per heavy atom. The molecule has 1 aromatic heterocycles. The van der Waals surface area contributed by atoms with E-state index in [1.54, 1.807) is 61.5 Å². The lowest BCUT2D eigenvalue weighted by Crippen LogP contribution is -2.26. The van der Waals surface area contributed by atoms with Crippen LogP contribution in [-0.2, 0) is 9.53 Å². The molecule has 8 nitrogen and oxygen atoms in total. The fourth-order valence-electron chi connectivity index (χ4n) is 3.42. The minimum Gasteiger partial charge on any atom is -0.465 e. The minimum absolute atomic E-state index is 0.267. The summed E-state index contributed by atoms with van der Waals surface area (Å²) >= 11 is 1.11. The third-order valence-electron chi connectivity index (χ3n) is 5.18. The maximum atomic E-state index is 13.5. The molecule has 0 radical (unpaired) electrons. The lowest BCUT2D eigenvalue weighted by Gasteiger charge is -2.17. The van der Waals surface area contributed by atoms with Gasteiger partial charge in [-0.2, -0.15) is 5.26 Å². The standard InChI is InChI=1S/C26H20N4O4S/c1-16(23(31)28-19-8-6-7-17(13-19)15-27)35-26-29-22-14-18(25(33)34-2)11-12-21(22)24(32)30(26)20-9-4-3-5-10-20/h3-14,16H,1-2H3,(H,28,31). The molecule has 4 rings (SSSR count). The third-order valence-corrected chi connectivity index (χ3v) is 6.24. The van der Waals surface area contributed by atoms with Crippen molar-refractivity contribution in [1.29, 1.82) is 5.26 Å². The fourth-order valence-corrected chi connectivity index (χ4v) is 4.34. The predicted octanol–water partition coefficient (Wildman–Crippen LogP) is 4.16. The highest BCUT2D eigenvalue weighted by Gasteiger charge is 2.21. The number of ether oxygens (including phenoxy) is 1. The number of hydrogen-bond acceptors (Lipinski definition) is 7. The summed E-state index contributed by atoms with van der Waals surface area (Å²) in [5, 5.41) is 11.9. The van der Waals surface area contributed by atoms with Gasteiger partial charge in [-0.3, -0.25) is 14.2 Å². The number of para-hydroxylation sites is 1. The molecule has 0 saturated carbocycles. The number of aromatic nitrogens is 2. The maximum Gasteiger partial charge on any atom is 0.337 e. The van der Waals surface area contributed by atoms with Gasteiger partial charge in [-0.15, -0.1) is 0 Å². The van der Waals surface area contributed by atoms with Gasteiger partial charge in [-0.1, -0.05) is 36.0 Å². The zero-order valence-electron chi connectivity index (χ0n) is 18.9. The summed E-state index contributed by atoms with van der Waals surface area (Å²) in [7, 11) is 1.28. The Labute approximate surface area is 205 Å². The first-order valence-electron chi connectivity index (χ1n) is 10.6. The number of methoxy groups -OCH3 is 1. The third kappa shape index (κ3) is 5.08. The Bertz CT molecular complexity index is 1530. The summed E-state index contributed by atoms with van der Waals surface area (Å²) in [6.07, 6.45) is 0. The van der Waals surface area contributed by atoms with E-state index in [1.807, 2.05) is 12.1 Å². The van der Waals surface area contributed by atoms with E-state index in [0.29, 0.717) is 33.0 Å². The Morgan fingerprint density at radius 2 is 1.86 bits per heavy atom. The van der Waals surface area contributed by atoms with Crippen LogP contribution in [0.4, 0.5) is 5.69 Å². The molecule has 0 aliphatic rings. The number of thioether (sulfide) groups is 1. The van der Waals surface area contributed by atoms with Crippen LogP contribution in [0.1, 0.15) is 22.8 Å². The zero-order chi connectivity index (χ0) is 24.9. The SMILES string of the molecule is COC(=O)c1ccc2c(=O)n(-c3ccccc3)c(SC(C)C(=O)Nc3cccc(C#N)c3)nc2c1. The zero-order valence-corrected chi connectivity index (χ0v) is 19.7. The Balaban J connectivity index is 1.75. The highest BCUT2D eigenvalue weighted by molar-refractivity contribution is 8.00. The van der Waals surface area contributed by atoms with Crippen LogP contribution in [0.5, 0.6) is 0 Å². The molecule has 4 aromatic rings. The van der Waals surface area contributed by atoms with E-state index in [0.717, 1.165) is 11.8 Å². The van der Waals surface area contributed by atoms with Crippen molar-refractivity contribution in [3.63, 3.8) is 0 Å². The summed E-state index contributed by atoms with van der Waals surface area (Å²) in [5.41, 5.74) is 1.79. The van der Waals surface area contributed by atoms with E-state index < -0.39 is 11.2 Å². The van der Waals surface area contributed by atoms with Crippen molar-refractivity contribution in [3.05, 3.63) is 94.3 Å². The molecule has 174 valence electrons. The van der Waals surface area contributed by atoms with Gasteiger partial charge in [0.15, 0.2) is 5.16 Å². The van der Waals surface area contributed by atoms with Crippen molar-refractivity contribution in [2.24, 2.45) is 0 Å². The van der Waals surface area contributed by atoms with E-state index >= 15 is 0 Å². The van der Waals surface area contributed by atoms with Gasteiger partial charge in [-0.05, 0) is 55.5 Å². The van der Waals surface area contributed by atoms with Gasteiger partial charge in [0.25, 0.3) is 5.56 Å². The van der Waals surface area contributed by atoms with Gasteiger partial charge in [0.1, 0.15) is 0 Å². The van der Waals surface area contributed by atoms with Gasteiger partial charge >= 0.3 is 5.97 Å². The van der Waals surface area contributed by atoms with E-state index in [4.69, 9.17) is 10.00 Å². The maximum absolute atomic E-state index is 13.5. The second-order valence-electron chi connectivity index (χ2n) is 7.54. The molecule has 0 bridgehead atoms. The predicted molar refractivity (Wildman–Crippen MR) is 134 cm³/mol. The average Bonchev–Trinajstić information content (AvgIpc) is 2.88. The molecule has 0 aliphatic heterocycles. The highest BCUT2D eigenvalue weighted by atomic mass is 32.2. The Morgan fingerprint density at radius 3 is 2.57 bits per heavy atom. The van der Waals surface area contributed by atoms with Crippen LogP contribution in [0, 0.1) is 11.3 Å². The monoisotopic (exact) mass is 484 g/mol. The molecule has 35 heavy (non-hydrogen) atoms. The number of rotatable bonds is 6. The number of hydrogen-bond donors (Lipinski definition) is 1. The molecule has 0 aliphatic carbocycles. The van der Waals surface area contributed by atoms with E-state index in [-0.39, 0.29) is 17.0 Å². The van der Waals surface area contributed by atoms with E-state index in [2.05, 4.69) is 10.3 Å². The first-order chi connectivity index (χ1) is 16.9. The van der Waals surface area contributed by atoms with Crippen LogP contribution in [0.2, 0.25) is 0 Å². The number of benzene rings is 3. The van der Waals surface area contributed by atoms with Crippen molar-refractivity contribution in [3.8, 4) is 11.8 Å². The van der Waals surface area contributed by atoms with Gasteiger partial charge in [0.05, 0.1) is 46.1 Å². The summed E-state index contributed by atoms with van der Waals surface area (Å²) in [6.45, 7) is 1.70. The molecule has 1 amide bonds. The molecule has 1 N–H and O–H groups in total. The number of nitrogens with zero attached hydrogens (tertiary/aromatic N) is 3. The molecule has 1 heterocycles. The van der Waals surface area contributed by atoms with Crippen LogP contribution >= 0.6 is 11.8 Å². The van der Waals surface area contributed by atoms with Crippen molar-refractivity contribution < 1.29 is 14.3 Å². The van der Waals surface area contributed by atoms with Crippen LogP contribution in [-0.4, -0.2) is 33.8 Å². The summed E-state index contributed by atoms with van der Waals surface area (Å²) in [4.78, 5) is 43.0. The number of amides is 1. The molecule has 0 spiro atoms. The molecule has 0 saturated heterocycles. The van der Waals surface area contributed by atoms with Crippen molar-refractivity contribution in [2.75, 3.05) is 12.4 Å². The molecule has 9 heteroatoms.